The van der Waals surface area contributed by atoms with Gasteiger partial charge in [0.2, 0.25) is 0 Å². The molecule has 10 unspecified atom stereocenters. The van der Waals surface area contributed by atoms with Crippen LogP contribution >= 0.6 is 0 Å². The van der Waals surface area contributed by atoms with Crippen LogP contribution in [0.1, 0.15) is 96.8 Å². The fraction of sp³-hybridized carbons (Fsp3) is 1.00. The molecule has 3 saturated carbocycles. The summed E-state index contributed by atoms with van der Waals surface area (Å²) in [7, 11) is -10.2. The molecule has 0 aromatic heterocycles. The van der Waals surface area contributed by atoms with Gasteiger partial charge in [-0.25, -0.2) is 0 Å². The second-order valence-electron chi connectivity index (χ2n) is 15.8. The van der Waals surface area contributed by atoms with Crippen LogP contribution < -0.4 is 0 Å². The zero-order valence-electron chi connectivity index (χ0n) is 27.2. The summed E-state index contributed by atoms with van der Waals surface area (Å²) in [6, 6.07) is 4.05. The summed E-state index contributed by atoms with van der Waals surface area (Å²) in [6.07, 6.45) is 18.2. The number of fused-ring (bicyclic) bond motifs is 2. The SMILES string of the molecule is CCC[Si]1(C)O[Si](C)(CCC2CCC3OC3C2)O[Si](C)(CCC2CCCC(O)C2)O[Si](C)(CCC2CCC3OC3C2)O1. The highest BCUT2D eigenvalue weighted by atomic mass is 28.5. The van der Waals surface area contributed by atoms with Gasteiger partial charge >= 0.3 is 34.2 Å². The average Bonchev–Trinajstić information content (AvgIpc) is 3.83. The van der Waals surface area contributed by atoms with E-state index in [2.05, 4.69) is 33.1 Å². The van der Waals surface area contributed by atoms with Gasteiger partial charge in [-0.05, 0) is 139 Å². The van der Waals surface area contributed by atoms with Gasteiger partial charge < -0.3 is 31.0 Å². The molecule has 0 spiro atoms. The lowest BCUT2D eigenvalue weighted by Crippen LogP contribution is -2.67. The molecule has 0 amide bonds. The molecule has 0 radical (unpaired) electrons. The Kier molecular flexibility index (Phi) is 10.1. The minimum absolute atomic E-state index is 0.139. The molecular formula is C31H60O7Si4. The molecule has 1 N–H and O–H groups in total. The summed E-state index contributed by atoms with van der Waals surface area (Å²) < 4.78 is 41.4. The molecule has 7 nitrogen and oxygen atoms in total. The molecular weight excluding hydrogens is 597 g/mol. The van der Waals surface area contributed by atoms with Crippen LogP contribution in [0, 0.1) is 17.8 Å². The lowest BCUT2D eigenvalue weighted by atomic mass is 9.86. The Labute approximate surface area is 260 Å². The third-order valence-electron chi connectivity index (χ3n) is 11.4. The molecule has 3 aliphatic heterocycles. The van der Waals surface area contributed by atoms with Crippen molar-refractivity contribution in [2.24, 2.45) is 17.8 Å². The molecule has 3 saturated heterocycles. The van der Waals surface area contributed by atoms with Gasteiger partial charge in [0.05, 0.1) is 30.5 Å². The first-order chi connectivity index (χ1) is 20.0. The Balaban J connectivity index is 1.19. The summed E-state index contributed by atoms with van der Waals surface area (Å²) in [4.78, 5) is 0. The predicted octanol–water partition coefficient (Wildman–Crippen LogP) is 7.62. The molecule has 242 valence electrons. The maximum atomic E-state index is 10.4. The number of ether oxygens (including phenoxy) is 2. The Morgan fingerprint density at radius 2 is 0.952 bits per heavy atom. The molecule has 11 heteroatoms. The van der Waals surface area contributed by atoms with Crippen molar-refractivity contribution in [2.75, 3.05) is 0 Å². The number of rotatable bonds is 11. The molecule has 6 aliphatic rings. The number of epoxide rings is 2. The first-order valence-corrected chi connectivity index (χ1v) is 27.8. The van der Waals surface area contributed by atoms with Crippen LogP contribution in [0.25, 0.3) is 0 Å². The van der Waals surface area contributed by atoms with E-state index in [0.29, 0.717) is 30.3 Å². The first kappa shape index (κ1) is 32.5. The minimum Gasteiger partial charge on any atom is -0.416 e. The Hall–Kier alpha value is 0.588. The van der Waals surface area contributed by atoms with E-state index in [1.807, 2.05) is 0 Å². The van der Waals surface area contributed by atoms with E-state index in [1.165, 1.54) is 57.8 Å². The Morgan fingerprint density at radius 1 is 0.524 bits per heavy atom. The minimum atomic E-state index is -2.60. The smallest absolute Gasteiger partial charge is 0.317 e. The van der Waals surface area contributed by atoms with E-state index >= 15 is 0 Å². The fourth-order valence-corrected chi connectivity index (χ4v) is 32.9. The predicted molar refractivity (Wildman–Crippen MR) is 174 cm³/mol. The van der Waals surface area contributed by atoms with Gasteiger partial charge in [0, 0.05) is 0 Å². The van der Waals surface area contributed by atoms with E-state index in [0.717, 1.165) is 68.1 Å². The van der Waals surface area contributed by atoms with E-state index in [1.54, 1.807) is 0 Å². The lowest BCUT2D eigenvalue weighted by molar-refractivity contribution is 0.0987. The van der Waals surface area contributed by atoms with Crippen LogP contribution in [0.2, 0.25) is 50.4 Å². The standard InChI is InChI=1S/C31H60O7Si4/c1-6-17-39(2)35-40(3,19-15-25-10-12-28-30(22-25)33-28)37-42(5,18-14-24-8-7-9-27(32)21-24)38-41(4,36-39)20-16-26-11-13-29-31(23-26)34-29/h24-32H,6-23H2,1-5H3. The van der Waals surface area contributed by atoms with E-state index in [9.17, 15) is 5.11 Å². The van der Waals surface area contributed by atoms with Gasteiger partial charge in [0.1, 0.15) is 0 Å². The van der Waals surface area contributed by atoms with Crippen LogP contribution in [0.4, 0.5) is 0 Å². The van der Waals surface area contributed by atoms with Crippen LogP contribution in [-0.2, 0) is 25.9 Å². The molecule has 42 heavy (non-hydrogen) atoms. The van der Waals surface area contributed by atoms with E-state index < -0.39 is 34.2 Å². The molecule has 3 heterocycles. The third-order valence-corrected chi connectivity index (χ3v) is 30.2. The van der Waals surface area contributed by atoms with Gasteiger partial charge in [0.15, 0.2) is 0 Å². The fourth-order valence-electron chi connectivity index (χ4n) is 9.19. The van der Waals surface area contributed by atoms with Gasteiger partial charge in [0.25, 0.3) is 0 Å². The van der Waals surface area contributed by atoms with Crippen LogP contribution in [0.5, 0.6) is 0 Å². The monoisotopic (exact) mass is 656 g/mol. The lowest BCUT2D eigenvalue weighted by Gasteiger charge is -2.51. The molecule has 0 aromatic rings. The van der Waals surface area contributed by atoms with Crippen molar-refractivity contribution in [3.63, 3.8) is 0 Å². The zero-order valence-corrected chi connectivity index (χ0v) is 31.2. The summed E-state index contributed by atoms with van der Waals surface area (Å²) in [6.45, 7) is 11.6. The van der Waals surface area contributed by atoms with Gasteiger partial charge in [-0.1, -0.05) is 26.2 Å². The highest BCUT2D eigenvalue weighted by molar-refractivity contribution is 6.93. The second kappa shape index (κ2) is 13.0. The van der Waals surface area contributed by atoms with Crippen molar-refractivity contribution >= 4 is 34.2 Å². The largest absolute Gasteiger partial charge is 0.416 e. The zero-order chi connectivity index (χ0) is 29.6. The maximum Gasteiger partial charge on any atom is 0.317 e. The first-order valence-electron chi connectivity index (χ1n) is 17.7. The summed E-state index contributed by atoms with van der Waals surface area (Å²) >= 11 is 0. The number of hydrogen-bond donors (Lipinski definition) is 1. The van der Waals surface area contributed by atoms with Crippen LogP contribution in [0.3, 0.4) is 0 Å². The normalized spacial score (nSPS) is 50.7. The molecule has 6 fully saturated rings. The highest BCUT2D eigenvalue weighted by Crippen LogP contribution is 2.46. The topological polar surface area (TPSA) is 82.2 Å². The Bertz CT molecular complexity index is 880. The van der Waals surface area contributed by atoms with Crippen LogP contribution in [0.15, 0.2) is 0 Å². The van der Waals surface area contributed by atoms with Crippen LogP contribution in [-0.4, -0.2) is 69.9 Å². The molecule has 6 rings (SSSR count). The highest BCUT2D eigenvalue weighted by Gasteiger charge is 2.57. The summed E-state index contributed by atoms with van der Waals surface area (Å²) in [5.74, 6) is 2.01. The molecule has 3 aliphatic carbocycles. The second-order valence-corrected chi connectivity index (χ2v) is 30.1. The number of hydrogen-bond acceptors (Lipinski definition) is 7. The number of aliphatic hydroxyl groups excluding tert-OH is 1. The maximum absolute atomic E-state index is 10.4. The van der Waals surface area contributed by atoms with Crippen molar-refractivity contribution in [2.45, 2.75) is 178 Å². The average molecular weight is 657 g/mol. The molecule has 10 atom stereocenters. The summed E-state index contributed by atoms with van der Waals surface area (Å²) in [5, 5.41) is 10.4. The van der Waals surface area contributed by atoms with Gasteiger partial charge in [-0.2, -0.15) is 0 Å². The van der Waals surface area contributed by atoms with Crippen molar-refractivity contribution in [1.29, 1.82) is 0 Å². The number of aliphatic hydroxyl groups is 1. The van der Waals surface area contributed by atoms with Crippen molar-refractivity contribution in [3.05, 3.63) is 0 Å². The quantitative estimate of drug-likeness (QED) is 0.181. The van der Waals surface area contributed by atoms with E-state index in [-0.39, 0.29) is 6.10 Å². The van der Waals surface area contributed by atoms with Crippen molar-refractivity contribution in [3.8, 4) is 0 Å². The third kappa shape index (κ3) is 8.48. The van der Waals surface area contributed by atoms with Crippen molar-refractivity contribution < 1.29 is 31.0 Å². The van der Waals surface area contributed by atoms with Crippen molar-refractivity contribution in [1.82, 2.24) is 0 Å². The van der Waals surface area contributed by atoms with Gasteiger partial charge in [-0.3, -0.25) is 0 Å². The van der Waals surface area contributed by atoms with E-state index in [4.69, 9.17) is 25.9 Å². The molecule has 0 bridgehead atoms. The Morgan fingerprint density at radius 3 is 1.36 bits per heavy atom. The van der Waals surface area contributed by atoms with Gasteiger partial charge in [-0.15, -0.1) is 0 Å². The molecule has 0 aromatic carbocycles. The summed E-state index contributed by atoms with van der Waals surface area (Å²) in [5.41, 5.74) is 0.